The van der Waals surface area contributed by atoms with E-state index >= 15 is 0 Å². The first-order chi connectivity index (χ1) is 25.6. The predicted molar refractivity (Wildman–Crippen MR) is 222 cm³/mol. The quantitative estimate of drug-likeness (QED) is 0.0202. The summed E-state index contributed by atoms with van der Waals surface area (Å²) in [6, 6.07) is 0. The Bertz CT molecular complexity index is 989. The van der Waals surface area contributed by atoms with Gasteiger partial charge in [0.25, 0.3) is 7.82 Å². The van der Waals surface area contributed by atoms with E-state index in [9.17, 15) is 14.3 Å². The maximum atomic E-state index is 12.6. The summed E-state index contributed by atoms with van der Waals surface area (Å²) in [5.41, 5.74) is 0. The zero-order chi connectivity index (χ0) is 39.1. The molecule has 2 atom stereocenters. The molecule has 0 aliphatic heterocycles. The Labute approximate surface area is 327 Å². The molecule has 0 fully saturated rings. The molecular weight excluding hydrogens is 685 g/mol. The second kappa shape index (κ2) is 37.4. The van der Waals surface area contributed by atoms with E-state index in [-0.39, 0.29) is 25.8 Å². The number of nitrogens with zero attached hydrogens (tertiary/aromatic N) is 1. The van der Waals surface area contributed by atoms with Crippen LogP contribution in [0.4, 0.5) is 0 Å². The lowest BCUT2D eigenvalue weighted by molar-refractivity contribution is -0.870. The second-order valence-corrected chi connectivity index (χ2v) is 16.7. The first-order valence-corrected chi connectivity index (χ1v) is 22.8. The molecule has 0 aromatic heterocycles. The van der Waals surface area contributed by atoms with Crippen molar-refractivity contribution in [1.29, 1.82) is 0 Å². The average Bonchev–Trinajstić information content (AvgIpc) is 3.11. The maximum absolute atomic E-state index is 12.6. The van der Waals surface area contributed by atoms with Crippen molar-refractivity contribution in [2.45, 2.75) is 174 Å². The van der Waals surface area contributed by atoms with Crippen LogP contribution in [-0.2, 0) is 27.9 Å². The lowest BCUT2D eigenvalue weighted by Gasteiger charge is -2.28. The van der Waals surface area contributed by atoms with Gasteiger partial charge in [0.2, 0.25) is 0 Å². The highest BCUT2D eigenvalue weighted by atomic mass is 31.2. The fourth-order valence-corrected chi connectivity index (χ4v) is 6.28. The molecule has 0 rings (SSSR count). The monoisotopic (exact) mass is 768 g/mol. The third-order valence-corrected chi connectivity index (χ3v) is 9.83. The SMILES string of the molecule is CC/C=C\C/C=C\C/C=C\CCCCCCCC(=O)OC(COCCCCCCCC/C=C\CCCCCCCC)COP(=O)([O-])OCC[N+](C)(C)C. The number of carbonyl (C=O) groups excluding carboxylic acids is 1. The molecule has 0 heterocycles. The predicted octanol–water partition coefficient (Wildman–Crippen LogP) is 11.7. The molecule has 0 aromatic rings. The maximum Gasteiger partial charge on any atom is 0.306 e. The lowest BCUT2D eigenvalue weighted by atomic mass is 10.1. The Balaban J connectivity index is 4.29. The van der Waals surface area contributed by atoms with Gasteiger partial charge in [0.05, 0.1) is 34.4 Å². The Kier molecular flexibility index (Phi) is 36.3. The summed E-state index contributed by atoms with van der Waals surface area (Å²) in [6.45, 7) is 5.25. The van der Waals surface area contributed by atoms with Crippen LogP contribution in [-0.4, -0.2) is 70.7 Å². The largest absolute Gasteiger partial charge is 0.756 e. The molecule has 0 saturated carbocycles. The Morgan fingerprint density at radius 3 is 1.66 bits per heavy atom. The van der Waals surface area contributed by atoms with Crippen LogP contribution in [0, 0.1) is 0 Å². The van der Waals surface area contributed by atoms with E-state index in [2.05, 4.69) is 62.5 Å². The second-order valence-electron chi connectivity index (χ2n) is 15.3. The average molecular weight is 768 g/mol. The first kappa shape index (κ1) is 51.5. The van der Waals surface area contributed by atoms with Crippen LogP contribution in [0.25, 0.3) is 0 Å². The number of esters is 1. The minimum absolute atomic E-state index is 0.0199. The topological polar surface area (TPSA) is 94.1 Å². The molecule has 9 heteroatoms. The number of phosphoric acid groups is 1. The number of quaternary nitrogens is 1. The Morgan fingerprint density at radius 1 is 0.604 bits per heavy atom. The normalized spacial score (nSPS) is 14.3. The van der Waals surface area contributed by atoms with Crippen molar-refractivity contribution in [1.82, 2.24) is 0 Å². The summed E-state index contributed by atoms with van der Waals surface area (Å²) in [5, 5.41) is 0. The van der Waals surface area contributed by atoms with E-state index in [4.69, 9.17) is 18.5 Å². The smallest absolute Gasteiger partial charge is 0.306 e. The van der Waals surface area contributed by atoms with Crippen molar-refractivity contribution >= 4 is 13.8 Å². The molecule has 0 saturated heterocycles. The first-order valence-electron chi connectivity index (χ1n) is 21.4. The summed E-state index contributed by atoms with van der Waals surface area (Å²) in [6.07, 6.45) is 44.0. The molecule has 0 spiro atoms. The molecule has 0 aromatic carbocycles. The van der Waals surface area contributed by atoms with Gasteiger partial charge in [-0.15, -0.1) is 0 Å². The summed E-state index contributed by atoms with van der Waals surface area (Å²) in [5.74, 6) is -0.354. The number of carbonyl (C=O) groups is 1. The Hall–Kier alpha value is -1.54. The zero-order valence-corrected chi connectivity index (χ0v) is 35.8. The van der Waals surface area contributed by atoms with E-state index in [1.807, 2.05) is 21.1 Å². The summed E-state index contributed by atoms with van der Waals surface area (Å²) < 4.78 is 34.5. The van der Waals surface area contributed by atoms with Gasteiger partial charge in [-0.05, 0) is 70.6 Å². The van der Waals surface area contributed by atoms with Gasteiger partial charge in [0, 0.05) is 13.0 Å². The van der Waals surface area contributed by atoms with Gasteiger partial charge in [0.15, 0.2) is 0 Å². The Morgan fingerprint density at radius 2 is 1.09 bits per heavy atom. The molecule has 0 radical (unpaired) electrons. The van der Waals surface area contributed by atoms with Crippen molar-refractivity contribution in [3.05, 3.63) is 48.6 Å². The summed E-state index contributed by atoms with van der Waals surface area (Å²) in [7, 11) is 1.33. The third kappa shape index (κ3) is 41.5. The van der Waals surface area contributed by atoms with Gasteiger partial charge >= 0.3 is 5.97 Å². The van der Waals surface area contributed by atoms with E-state index in [0.717, 1.165) is 70.6 Å². The molecule has 8 nitrogen and oxygen atoms in total. The van der Waals surface area contributed by atoms with Crippen molar-refractivity contribution < 1.29 is 37.3 Å². The lowest BCUT2D eigenvalue weighted by Crippen LogP contribution is -2.37. The highest BCUT2D eigenvalue weighted by Crippen LogP contribution is 2.38. The van der Waals surface area contributed by atoms with Crippen molar-refractivity contribution in [3.8, 4) is 0 Å². The van der Waals surface area contributed by atoms with Crippen LogP contribution in [0.3, 0.4) is 0 Å². The van der Waals surface area contributed by atoms with Crippen LogP contribution in [0.5, 0.6) is 0 Å². The van der Waals surface area contributed by atoms with E-state index in [1.165, 1.54) is 77.0 Å². The highest BCUT2D eigenvalue weighted by Gasteiger charge is 2.20. The summed E-state index contributed by atoms with van der Waals surface area (Å²) in [4.78, 5) is 25.0. The van der Waals surface area contributed by atoms with Crippen LogP contribution in [0.1, 0.15) is 168 Å². The number of rotatable bonds is 39. The van der Waals surface area contributed by atoms with Gasteiger partial charge in [-0.1, -0.05) is 140 Å². The van der Waals surface area contributed by atoms with Gasteiger partial charge < -0.3 is 27.9 Å². The molecule has 0 amide bonds. The number of likely N-dealkylation sites (N-methyl/N-ethyl adjacent to an activating group) is 1. The van der Waals surface area contributed by atoms with E-state index < -0.39 is 13.9 Å². The minimum Gasteiger partial charge on any atom is -0.756 e. The fraction of sp³-hybridized carbons (Fsp3) is 0.795. The van der Waals surface area contributed by atoms with E-state index in [0.29, 0.717) is 24.1 Å². The number of ether oxygens (including phenoxy) is 2. The molecule has 0 N–H and O–H groups in total. The van der Waals surface area contributed by atoms with Crippen LogP contribution in [0.15, 0.2) is 48.6 Å². The number of allylic oxidation sites excluding steroid dienone is 8. The molecule has 0 aliphatic rings. The van der Waals surface area contributed by atoms with Crippen molar-refractivity contribution in [2.75, 3.05) is 54.1 Å². The number of unbranched alkanes of at least 4 members (excludes halogenated alkanes) is 17. The van der Waals surface area contributed by atoms with Gasteiger partial charge in [-0.3, -0.25) is 9.36 Å². The number of phosphoric ester groups is 1. The molecule has 2 unspecified atom stereocenters. The number of hydrogen-bond acceptors (Lipinski definition) is 7. The van der Waals surface area contributed by atoms with Crippen molar-refractivity contribution in [3.63, 3.8) is 0 Å². The summed E-state index contributed by atoms with van der Waals surface area (Å²) >= 11 is 0. The third-order valence-electron chi connectivity index (χ3n) is 8.86. The van der Waals surface area contributed by atoms with Crippen LogP contribution >= 0.6 is 7.82 Å². The van der Waals surface area contributed by atoms with Crippen LogP contribution in [0.2, 0.25) is 0 Å². The fourth-order valence-electron chi connectivity index (χ4n) is 5.55. The van der Waals surface area contributed by atoms with Gasteiger partial charge in [0.1, 0.15) is 19.3 Å². The van der Waals surface area contributed by atoms with E-state index in [1.54, 1.807) is 0 Å². The number of hydrogen-bond donors (Lipinski definition) is 0. The molecule has 53 heavy (non-hydrogen) atoms. The van der Waals surface area contributed by atoms with Crippen LogP contribution < -0.4 is 4.89 Å². The van der Waals surface area contributed by atoms with Gasteiger partial charge in [-0.25, -0.2) is 0 Å². The van der Waals surface area contributed by atoms with Gasteiger partial charge in [-0.2, -0.15) is 0 Å². The highest BCUT2D eigenvalue weighted by molar-refractivity contribution is 7.45. The van der Waals surface area contributed by atoms with Crippen molar-refractivity contribution in [2.24, 2.45) is 0 Å². The standard InChI is InChI=1S/C44H82NO7P/c1-6-8-10-12-14-16-18-20-22-24-26-28-30-32-34-36-39-49-41-43(42-51-53(47,48)50-40-38-45(3,4)5)52-44(46)37-35-33-31-29-27-25-23-21-19-17-15-13-11-9-7-2/h9,11,15,17,20-23,43H,6-8,10,12-14,16,18-19,24-42H2,1-5H3/b11-9-,17-15-,22-20-,23-21-. The molecular formula is C44H82NO7P. The molecule has 0 bridgehead atoms. The molecule has 310 valence electrons. The minimum atomic E-state index is -4.53. The zero-order valence-electron chi connectivity index (χ0n) is 35.0. The molecule has 0 aliphatic carbocycles.